The summed E-state index contributed by atoms with van der Waals surface area (Å²) >= 11 is 6.22. The quantitative estimate of drug-likeness (QED) is 0.619. The Bertz CT molecular complexity index is 533. The standard InChI is InChI=1S/C19H30ClNO3/c1-6-10-23-17-9-8-15(12-16(17)20)21-18(22)19(5,13-14(3)4)24-11-7-2/h8-9,12,14H,6-7,10-11,13H2,1-5H3,(H,21,22)/t19-/m0/s1. The maximum atomic E-state index is 12.7. The molecule has 0 spiro atoms. The number of carbonyl (C=O) groups excluding carboxylic acids is 1. The molecule has 0 unspecified atom stereocenters. The van der Waals surface area contributed by atoms with Gasteiger partial charge in [-0.2, -0.15) is 0 Å². The predicted octanol–water partition coefficient (Wildman–Crippen LogP) is 5.30. The molecule has 136 valence electrons. The van der Waals surface area contributed by atoms with Gasteiger partial charge in [0.2, 0.25) is 0 Å². The molecular weight excluding hydrogens is 326 g/mol. The zero-order valence-corrected chi connectivity index (χ0v) is 16.2. The summed E-state index contributed by atoms with van der Waals surface area (Å²) in [5.41, 5.74) is -0.211. The van der Waals surface area contributed by atoms with Crippen LogP contribution in [0.1, 0.15) is 53.9 Å². The molecule has 0 aliphatic rings. The van der Waals surface area contributed by atoms with Gasteiger partial charge < -0.3 is 14.8 Å². The van der Waals surface area contributed by atoms with Crippen molar-refractivity contribution in [2.75, 3.05) is 18.5 Å². The molecule has 1 aromatic rings. The minimum absolute atomic E-state index is 0.150. The lowest BCUT2D eigenvalue weighted by atomic mass is 9.93. The van der Waals surface area contributed by atoms with Crippen molar-refractivity contribution in [2.45, 2.75) is 59.5 Å². The molecular formula is C19H30ClNO3. The van der Waals surface area contributed by atoms with Gasteiger partial charge in [-0.25, -0.2) is 0 Å². The van der Waals surface area contributed by atoms with Crippen LogP contribution >= 0.6 is 11.6 Å². The van der Waals surface area contributed by atoms with Crippen molar-refractivity contribution >= 4 is 23.2 Å². The van der Waals surface area contributed by atoms with Crippen LogP contribution in [0.15, 0.2) is 18.2 Å². The number of halogens is 1. The van der Waals surface area contributed by atoms with Crippen LogP contribution in [0.4, 0.5) is 5.69 Å². The maximum Gasteiger partial charge on any atom is 0.256 e. The van der Waals surface area contributed by atoms with Crippen LogP contribution in [0.5, 0.6) is 5.75 Å². The predicted molar refractivity (Wildman–Crippen MR) is 100.0 cm³/mol. The van der Waals surface area contributed by atoms with Crippen molar-refractivity contribution in [3.63, 3.8) is 0 Å². The number of rotatable bonds is 10. The minimum Gasteiger partial charge on any atom is -0.492 e. The molecule has 0 aliphatic carbocycles. The molecule has 1 N–H and O–H groups in total. The second-order valence-corrected chi connectivity index (χ2v) is 7.03. The Kier molecular flexibility index (Phi) is 8.57. The highest BCUT2D eigenvalue weighted by Gasteiger charge is 2.35. The molecule has 1 atom stereocenters. The molecule has 1 aromatic carbocycles. The lowest BCUT2D eigenvalue weighted by Crippen LogP contribution is -2.44. The first-order chi connectivity index (χ1) is 11.3. The number of benzene rings is 1. The van der Waals surface area contributed by atoms with Crippen LogP contribution in [-0.4, -0.2) is 24.7 Å². The fraction of sp³-hybridized carbons (Fsp3) is 0.632. The van der Waals surface area contributed by atoms with Gasteiger partial charge in [0, 0.05) is 12.3 Å². The average Bonchev–Trinajstić information content (AvgIpc) is 2.51. The highest BCUT2D eigenvalue weighted by molar-refractivity contribution is 6.32. The summed E-state index contributed by atoms with van der Waals surface area (Å²) in [5, 5.41) is 3.40. The van der Waals surface area contributed by atoms with Crippen LogP contribution in [0.3, 0.4) is 0 Å². The van der Waals surface area contributed by atoms with Crippen molar-refractivity contribution in [1.29, 1.82) is 0 Å². The lowest BCUT2D eigenvalue weighted by Gasteiger charge is -2.30. The van der Waals surface area contributed by atoms with E-state index in [1.807, 2.05) is 20.8 Å². The largest absolute Gasteiger partial charge is 0.492 e. The molecule has 1 rings (SSSR count). The summed E-state index contributed by atoms with van der Waals surface area (Å²) in [6.45, 7) is 11.2. The topological polar surface area (TPSA) is 47.6 Å². The number of hydrogen-bond acceptors (Lipinski definition) is 3. The van der Waals surface area contributed by atoms with Gasteiger partial charge in [0.25, 0.3) is 5.91 Å². The SMILES string of the molecule is CCCOc1ccc(NC(=O)[C@](C)(CC(C)C)OCCC)cc1Cl. The molecule has 4 nitrogen and oxygen atoms in total. The van der Waals surface area contributed by atoms with E-state index in [1.54, 1.807) is 18.2 Å². The van der Waals surface area contributed by atoms with Gasteiger partial charge in [-0.1, -0.05) is 39.3 Å². The first-order valence-corrected chi connectivity index (χ1v) is 9.08. The van der Waals surface area contributed by atoms with Crippen molar-refractivity contribution < 1.29 is 14.3 Å². The molecule has 0 radical (unpaired) electrons. The molecule has 0 heterocycles. The van der Waals surface area contributed by atoms with E-state index in [1.165, 1.54) is 0 Å². The van der Waals surface area contributed by atoms with E-state index in [2.05, 4.69) is 19.2 Å². The van der Waals surface area contributed by atoms with Crippen LogP contribution in [-0.2, 0) is 9.53 Å². The Balaban J connectivity index is 2.84. The van der Waals surface area contributed by atoms with E-state index in [0.29, 0.717) is 42.0 Å². The molecule has 0 saturated carbocycles. The van der Waals surface area contributed by atoms with Gasteiger partial charge in [0.05, 0.1) is 11.6 Å². The summed E-state index contributed by atoms with van der Waals surface area (Å²) in [7, 11) is 0. The summed E-state index contributed by atoms with van der Waals surface area (Å²) in [4.78, 5) is 12.7. The van der Waals surface area contributed by atoms with Gasteiger partial charge in [0.1, 0.15) is 11.4 Å². The third-order valence-electron chi connectivity index (χ3n) is 3.55. The van der Waals surface area contributed by atoms with E-state index in [9.17, 15) is 4.79 Å². The minimum atomic E-state index is -0.853. The fourth-order valence-corrected chi connectivity index (χ4v) is 2.73. The highest BCUT2D eigenvalue weighted by Crippen LogP contribution is 2.29. The van der Waals surface area contributed by atoms with Gasteiger partial charge >= 0.3 is 0 Å². The van der Waals surface area contributed by atoms with E-state index in [0.717, 1.165) is 12.8 Å². The molecule has 0 aromatic heterocycles. The van der Waals surface area contributed by atoms with Crippen molar-refractivity contribution in [2.24, 2.45) is 5.92 Å². The first-order valence-electron chi connectivity index (χ1n) is 8.70. The molecule has 0 fully saturated rings. The number of nitrogens with one attached hydrogen (secondary N) is 1. The number of amides is 1. The smallest absolute Gasteiger partial charge is 0.256 e. The molecule has 1 amide bonds. The number of hydrogen-bond donors (Lipinski definition) is 1. The lowest BCUT2D eigenvalue weighted by molar-refractivity contribution is -0.141. The van der Waals surface area contributed by atoms with Gasteiger partial charge in [-0.05, 0) is 50.3 Å². The molecule has 0 bridgehead atoms. The zero-order valence-electron chi connectivity index (χ0n) is 15.4. The summed E-state index contributed by atoms with van der Waals surface area (Å²) < 4.78 is 11.4. The Labute approximate surface area is 150 Å². The summed E-state index contributed by atoms with van der Waals surface area (Å²) in [6.07, 6.45) is 2.44. The van der Waals surface area contributed by atoms with Gasteiger partial charge in [-0.15, -0.1) is 0 Å². The maximum absolute atomic E-state index is 12.7. The molecule has 5 heteroatoms. The van der Waals surface area contributed by atoms with Crippen molar-refractivity contribution in [3.8, 4) is 5.75 Å². The molecule has 24 heavy (non-hydrogen) atoms. The van der Waals surface area contributed by atoms with E-state index in [4.69, 9.17) is 21.1 Å². The average molecular weight is 356 g/mol. The van der Waals surface area contributed by atoms with Crippen molar-refractivity contribution in [1.82, 2.24) is 0 Å². The Morgan fingerprint density at radius 1 is 1.25 bits per heavy atom. The van der Waals surface area contributed by atoms with E-state index >= 15 is 0 Å². The van der Waals surface area contributed by atoms with Crippen LogP contribution in [0.2, 0.25) is 5.02 Å². The second-order valence-electron chi connectivity index (χ2n) is 6.63. The van der Waals surface area contributed by atoms with Crippen LogP contribution in [0.25, 0.3) is 0 Å². The van der Waals surface area contributed by atoms with E-state index in [-0.39, 0.29) is 5.91 Å². The van der Waals surface area contributed by atoms with Gasteiger partial charge in [0.15, 0.2) is 0 Å². The second kappa shape index (κ2) is 9.90. The van der Waals surface area contributed by atoms with Crippen molar-refractivity contribution in [3.05, 3.63) is 23.2 Å². The Hall–Kier alpha value is -1.26. The third-order valence-corrected chi connectivity index (χ3v) is 3.85. The first kappa shape index (κ1) is 20.8. The highest BCUT2D eigenvalue weighted by atomic mass is 35.5. The summed E-state index contributed by atoms with van der Waals surface area (Å²) in [5.74, 6) is 0.831. The summed E-state index contributed by atoms with van der Waals surface area (Å²) in [6, 6.07) is 5.28. The number of ether oxygens (including phenoxy) is 2. The van der Waals surface area contributed by atoms with Gasteiger partial charge in [-0.3, -0.25) is 4.79 Å². The zero-order chi connectivity index (χ0) is 18.2. The Morgan fingerprint density at radius 2 is 1.92 bits per heavy atom. The van der Waals surface area contributed by atoms with Crippen LogP contribution in [0, 0.1) is 5.92 Å². The van der Waals surface area contributed by atoms with Crippen LogP contribution < -0.4 is 10.1 Å². The number of anilines is 1. The fourth-order valence-electron chi connectivity index (χ4n) is 2.49. The molecule has 0 saturated heterocycles. The van der Waals surface area contributed by atoms with E-state index < -0.39 is 5.60 Å². The normalized spacial score (nSPS) is 13.6. The third kappa shape index (κ3) is 6.33. The molecule has 0 aliphatic heterocycles. The number of carbonyl (C=O) groups is 1. The Morgan fingerprint density at radius 3 is 2.46 bits per heavy atom. The monoisotopic (exact) mass is 355 g/mol.